The number of hydrogen-bond donors (Lipinski definition) is 7. The van der Waals surface area contributed by atoms with Crippen LogP contribution in [0.25, 0.3) is 0 Å². The Balaban J connectivity index is 0.000000152. The summed E-state index contributed by atoms with van der Waals surface area (Å²) in [4.78, 5) is 75.6. The number of rotatable bonds is 16. The first-order valence-electron chi connectivity index (χ1n) is 31.0. The van der Waals surface area contributed by atoms with Crippen LogP contribution in [0.15, 0.2) is 63.9 Å². The van der Waals surface area contributed by atoms with Crippen molar-refractivity contribution in [3.05, 3.63) is 121 Å². The topological polar surface area (TPSA) is 349 Å². The Kier molecular flexibility index (Phi) is 19.7. The number of aryl methyl sites for hydroxylation is 6. The highest BCUT2D eigenvalue weighted by Gasteiger charge is 2.32. The van der Waals surface area contributed by atoms with Crippen molar-refractivity contribution in [2.45, 2.75) is 177 Å². The van der Waals surface area contributed by atoms with E-state index in [9.17, 15) is 54.0 Å². The number of nitrogens with zero attached hydrogens (tertiary/aromatic N) is 8. The molecule has 6 aromatic rings. The lowest BCUT2D eigenvalue weighted by Crippen LogP contribution is -2.35. The lowest BCUT2D eigenvalue weighted by molar-refractivity contribution is -0.129. The van der Waals surface area contributed by atoms with Gasteiger partial charge in [0.15, 0.2) is 15.1 Å². The fourth-order valence-corrected chi connectivity index (χ4v) is 15.5. The van der Waals surface area contributed by atoms with E-state index < -0.39 is 48.2 Å². The molecule has 27 nitrogen and oxygen atoms in total. The summed E-state index contributed by atoms with van der Waals surface area (Å²) in [6.45, 7) is 5.20. The fourth-order valence-electron chi connectivity index (χ4n) is 13.0. The molecule has 30 heteroatoms. The third-order valence-electron chi connectivity index (χ3n) is 17.5. The van der Waals surface area contributed by atoms with Gasteiger partial charge in [-0.2, -0.15) is 40.5 Å². The molecule has 9 amide bonds. The van der Waals surface area contributed by atoms with Crippen molar-refractivity contribution < 1.29 is 54.0 Å². The Labute approximate surface area is 535 Å². The van der Waals surface area contributed by atoms with Crippen LogP contribution in [0.1, 0.15) is 138 Å². The highest BCUT2D eigenvalue weighted by atomic mass is 32.2. The van der Waals surface area contributed by atoms with Crippen molar-refractivity contribution in [3.8, 4) is 0 Å². The summed E-state index contributed by atoms with van der Waals surface area (Å²) in [6.07, 6.45) is 20.2. The third-order valence-corrected chi connectivity index (χ3v) is 21.1. The van der Waals surface area contributed by atoms with Crippen molar-refractivity contribution in [3.63, 3.8) is 0 Å². The molecule has 3 aromatic carbocycles. The van der Waals surface area contributed by atoms with Gasteiger partial charge in [0.1, 0.15) is 13.1 Å². The first-order chi connectivity index (χ1) is 43.7. The van der Waals surface area contributed by atoms with E-state index in [4.69, 9.17) is 0 Å². The number of likely N-dealkylation sites (N-methyl/N-ethyl adjacent to an activating group) is 2. The summed E-state index contributed by atoms with van der Waals surface area (Å²) in [5, 5.41) is 22.0. The van der Waals surface area contributed by atoms with Crippen LogP contribution in [0, 0.1) is 0 Å². The quantitative estimate of drug-likeness (QED) is 0.0629. The van der Waals surface area contributed by atoms with Gasteiger partial charge >= 0.3 is 18.1 Å². The number of benzene rings is 3. The Hall–Kier alpha value is -8.64. The van der Waals surface area contributed by atoms with E-state index in [-0.39, 0.29) is 58.5 Å². The smallest absolute Gasteiger partial charge is 0.333 e. The maximum Gasteiger partial charge on any atom is 0.333 e. The number of urea groups is 3. The molecule has 492 valence electrons. The molecule has 0 saturated carbocycles. The minimum atomic E-state index is -4.20. The number of carbonyl (C=O) groups excluding carboxylic acids is 6. The van der Waals surface area contributed by atoms with Gasteiger partial charge in [0.05, 0.1) is 12.2 Å². The molecular formula is C62H79N15O12S3. The molecule has 0 spiro atoms. The van der Waals surface area contributed by atoms with E-state index in [0.29, 0.717) is 5.69 Å². The summed E-state index contributed by atoms with van der Waals surface area (Å²) in [6, 6.07) is 8.14. The van der Waals surface area contributed by atoms with Crippen LogP contribution < -0.4 is 35.4 Å². The number of nitrogens with one attached hydrogen (secondary N) is 7. The van der Waals surface area contributed by atoms with Crippen molar-refractivity contribution in [1.82, 2.24) is 58.6 Å². The molecule has 3 heterocycles. The molecule has 6 aliphatic rings. The van der Waals surface area contributed by atoms with Gasteiger partial charge < -0.3 is 31.1 Å². The summed E-state index contributed by atoms with van der Waals surface area (Å²) >= 11 is 0. The average Bonchev–Trinajstić information content (AvgIpc) is 1.60. The van der Waals surface area contributed by atoms with Crippen molar-refractivity contribution >= 4 is 82.9 Å². The molecular weight excluding hydrogens is 1240 g/mol. The number of fused-ring (bicyclic) bond motifs is 6. The number of anilines is 3. The van der Waals surface area contributed by atoms with Crippen LogP contribution in [0.4, 0.5) is 31.4 Å². The maximum absolute atomic E-state index is 13.0. The van der Waals surface area contributed by atoms with E-state index in [1.807, 2.05) is 23.3 Å². The molecule has 0 aliphatic heterocycles. The Bertz CT molecular complexity index is 4190. The van der Waals surface area contributed by atoms with Gasteiger partial charge in [0.2, 0.25) is 17.7 Å². The molecule has 12 rings (SSSR count). The summed E-state index contributed by atoms with van der Waals surface area (Å²) in [5.74, 6) is -0.676. The average molecular weight is 1320 g/mol. The minimum absolute atomic E-state index is 0.0863. The van der Waals surface area contributed by atoms with Crippen LogP contribution in [0.5, 0.6) is 0 Å². The monoisotopic (exact) mass is 1320 g/mol. The van der Waals surface area contributed by atoms with E-state index in [0.717, 1.165) is 166 Å². The van der Waals surface area contributed by atoms with Crippen LogP contribution in [0.3, 0.4) is 0 Å². The van der Waals surface area contributed by atoms with E-state index in [1.54, 1.807) is 25.8 Å². The van der Waals surface area contributed by atoms with Crippen LogP contribution in [0.2, 0.25) is 0 Å². The van der Waals surface area contributed by atoms with Gasteiger partial charge in [-0.1, -0.05) is 18.2 Å². The van der Waals surface area contributed by atoms with Gasteiger partial charge in [0.25, 0.3) is 30.1 Å². The molecule has 0 saturated heterocycles. The first kappa shape index (κ1) is 66.3. The van der Waals surface area contributed by atoms with E-state index >= 15 is 0 Å². The second-order valence-corrected chi connectivity index (χ2v) is 29.3. The molecule has 7 N–H and O–H groups in total. The Morgan fingerprint density at radius 3 is 1.14 bits per heavy atom. The molecule has 0 atom stereocenters. The van der Waals surface area contributed by atoms with Crippen molar-refractivity contribution in [2.24, 2.45) is 0 Å². The molecule has 0 fully saturated rings. The Morgan fingerprint density at radius 1 is 0.489 bits per heavy atom. The molecule has 3 aromatic heterocycles. The number of aromatic nitrogens is 6. The SMILES string of the molecule is CC(=O)N(C)Cc1cc(S(=O)(=O)NC(=O)Nc2c3c(cc4c2CCC4)CCC3)nn1C(C)C.CN(C)C(=O)Cn1ccc(S(=O)(=O)NC(=O)Nc2c3c(cc4c2CCC4)CCC3)n1.CNC(=O)Cn1ccc(S(=O)(=O)NC(=O)Nc2c3c(cc4c2CCC4)CCC3)n1. The lowest BCUT2D eigenvalue weighted by atomic mass is 9.99. The van der Waals surface area contributed by atoms with Crippen molar-refractivity contribution in [2.75, 3.05) is 44.1 Å². The van der Waals surface area contributed by atoms with E-state index in [1.165, 1.54) is 97.1 Å². The van der Waals surface area contributed by atoms with E-state index in [2.05, 4.69) is 59.5 Å². The zero-order valence-electron chi connectivity index (χ0n) is 52.7. The summed E-state index contributed by atoms with van der Waals surface area (Å²) in [5.41, 5.74) is 17.1. The predicted molar refractivity (Wildman–Crippen MR) is 341 cm³/mol. The van der Waals surface area contributed by atoms with Gasteiger partial charge in [0, 0.05) is 76.7 Å². The zero-order chi connectivity index (χ0) is 66.0. The molecule has 92 heavy (non-hydrogen) atoms. The van der Waals surface area contributed by atoms with Gasteiger partial charge in [-0.25, -0.2) is 28.5 Å². The Morgan fingerprint density at radius 2 is 0.826 bits per heavy atom. The number of hydrogen-bond acceptors (Lipinski definition) is 15. The van der Waals surface area contributed by atoms with Crippen LogP contribution in [-0.2, 0) is 141 Å². The standard InChI is InChI=1S/C23H31N5O4S.C20H25N5O4S.C19H23N5O4S/c1-14(2)28-18(13-27(4)15(3)29)12-21(25-28)33(31,32)26-23(30)24-22-19-9-5-7-16(19)11-17-8-6-10-20(17)22;1-24(2)18(26)12-25-10-9-17(22-25)30(28,29)23-20(27)21-19-15-7-3-5-13(15)11-14-6-4-8-16(14)19;1-20-16(25)11-24-9-8-17(22-24)29(27,28)23-19(26)21-18-14-6-2-4-12(14)10-13-5-3-7-15(13)18/h11-12,14H,5-10,13H2,1-4H3,(H2,24,26,30);9-11H,3-8,12H2,1-2H3,(H2,21,23,27);8-10H,2-7,11H2,1H3,(H,20,25)(H2,21,23,26). The largest absolute Gasteiger partial charge is 0.358 e. The van der Waals surface area contributed by atoms with Gasteiger partial charge in [-0.05, 0) is 208 Å². The number of carbonyl (C=O) groups is 6. The molecule has 0 unspecified atom stereocenters. The fraction of sp³-hybridized carbons (Fsp3) is 0.468. The van der Waals surface area contributed by atoms with Crippen molar-refractivity contribution in [1.29, 1.82) is 0 Å². The second-order valence-electron chi connectivity index (χ2n) is 24.4. The van der Waals surface area contributed by atoms with Crippen LogP contribution in [-0.4, -0.2) is 128 Å². The first-order valence-corrected chi connectivity index (χ1v) is 35.4. The summed E-state index contributed by atoms with van der Waals surface area (Å²) in [7, 11) is -6.19. The van der Waals surface area contributed by atoms with Crippen LogP contribution >= 0.6 is 0 Å². The highest BCUT2D eigenvalue weighted by Crippen LogP contribution is 2.41. The molecule has 0 radical (unpaired) electrons. The van der Waals surface area contributed by atoms with Gasteiger partial charge in [-0.3, -0.25) is 28.4 Å². The minimum Gasteiger partial charge on any atom is -0.358 e. The normalized spacial score (nSPS) is 14.9. The summed E-state index contributed by atoms with van der Waals surface area (Å²) < 4.78 is 86.4. The molecule has 6 aliphatic carbocycles. The maximum atomic E-state index is 13.0. The second kappa shape index (κ2) is 27.3. The third kappa shape index (κ3) is 14.8. The zero-order valence-corrected chi connectivity index (χ0v) is 55.2. The van der Waals surface area contributed by atoms with Gasteiger partial charge in [-0.15, -0.1) is 0 Å². The number of sulfonamides is 3. The lowest BCUT2D eigenvalue weighted by Gasteiger charge is -2.17. The molecule has 0 bridgehead atoms. The number of amides is 9. The highest BCUT2D eigenvalue weighted by molar-refractivity contribution is 7.90. The predicted octanol–water partition coefficient (Wildman–Crippen LogP) is 5.51.